The Hall–Kier alpha value is -1.03. The van der Waals surface area contributed by atoms with Crippen molar-refractivity contribution in [2.45, 2.75) is 26.8 Å². The van der Waals surface area contributed by atoms with Crippen LogP contribution in [0.25, 0.3) is 0 Å². The van der Waals surface area contributed by atoms with E-state index in [2.05, 4.69) is 35.1 Å². The van der Waals surface area contributed by atoms with E-state index in [1.54, 1.807) is 0 Å². The number of aryl methyl sites for hydroxylation is 1. The summed E-state index contributed by atoms with van der Waals surface area (Å²) in [5.74, 6) is 1.49. The number of benzene rings is 2. The summed E-state index contributed by atoms with van der Waals surface area (Å²) in [6.07, 6.45) is 0. The zero-order valence-electron chi connectivity index (χ0n) is 12.4. The van der Waals surface area contributed by atoms with Crippen molar-refractivity contribution in [3.8, 4) is 11.5 Å². The molecule has 0 saturated heterocycles. The normalized spacial score (nSPS) is 12.2. The Balaban J connectivity index is 2.21. The lowest BCUT2D eigenvalue weighted by Gasteiger charge is -2.15. The highest BCUT2D eigenvalue weighted by atomic mass is 79.9. The van der Waals surface area contributed by atoms with Gasteiger partial charge in [-0.2, -0.15) is 0 Å². The first-order chi connectivity index (χ1) is 10.0. The Morgan fingerprint density at radius 2 is 1.90 bits per heavy atom. The predicted octanol–water partition coefficient (Wildman–Crippen LogP) is 5.87. The first-order valence-corrected chi connectivity index (χ1v) is 8.15. The third-order valence-electron chi connectivity index (χ3n) is 3.32. The summed E-state index contributed by atoms with van der Waals surface area (Å²) in [7, 11) is 0. The number of halogens is 2. The fraction of sp³-hybridized carbons (Fsp3) is 0.294. The first kappa shape index (κ1) is 16.3. The summed E-state index contributed by atoms with van der Waals surface area (Å²) in [6, 6.07) is 12.1. The first-order valence-electron chi connectivity index (χ1n) is 6.98. The lowest BCUT2D eigenvalue weighted by atomic mass is 10.1. The van der Waals surface area contributed by atoms with Crippen LogP contribution >= 0.6 is 27.5 Å². The maximum atomic E-state index is 6.35. The molecule has 4 heteroatoms. The highest BCUT2D eigenvalue weighted by Gasteiger charge is 2.10. The van der Waals surface area contributed by atoms with Gasteiger partial charge in [-0.15, -0.1) is 0 Å². The molecular weight excluding hydrogens is 350 g/mol. The van der Waals surface area contributed by atoms with E-state index >= 15 is 0 Å². The van der Waals surface area contributed by atoms with E-state index in [-0.39, 0.29) is 6.04 Å². The van der Waals surface area contributed by atoms with Gasteiger partial charge in [-0.05, 0) is 61.9 Å². The molecule has 2 aromatic rings. The van der Waals surface area contributed by atoms with Gasteiger partial charge in [0, 0.05) is 10.5 Å². The van der Waals surface area contributed by atoms with Crippen molar-refractivity contribution in [2.75, 3.05) is 6.54 Å². The van der Waals surface area contributed by atoms with Crippen LogP contribution in [-0.2, 0) is 0 Å². The lowest BCUT2D eigenvalue weighted by molar-refractivity contribution is 0.478. The molecular formula is C17H19BrClNO. The number of hydrogen-bond donors (Lipinski definition) is 1. The minimum atomic E-state index is 0.274. The van der Waals surface area contributed by atoms with Crippen LogP contribution in [0.15, 0.2) is 40.9 Å². The molecule has 2 rings (SSSR count). The Bertz CT molecular complexity index is 630. The van der Waals surface area contributed by atoms with E-state index < -0.39 is 0 Å². The lowest BCUT2D eigenvalue weighted by Crippen LogP contribution is -2.17. The van der Waals surface area contributed by atoms with Gasteiger partial charge in [-0.3, -0.25) is 0 Å². The van der Waals surface area contributed by atoms with Crippen LogP contribution in [0.3, 0.4) is 0 Å². The zero-order chi connectivity index (χ0) is 15.4. The Kier molecular flexibility index (Phi) is 5.68. The zero-order valence-corrected chi connectivity index (χ0v) is 14.8. The highest BCUT2D eigenvalue weighted by molar-refractivity contribution is 9.10. The fourth-order valence-electron chi connectivity index (χ4n) is 2.14. The molecule has 0 bridgehead atoms. The average molecular weight is 369 g/mol. The van der Waals surface area contributed by atoms with E-state index in [9.17, 15) is 0 Å². The number of hydrogen-bond acceptors (Lipinski definition) is 2. The number of ether oxygens (including phenoxy) is 1. The van der Waals surface area contributed by atoms with E-state index in [0.29, 0.717) is 10.8 Å². The predicted molar refractivity (Wildman–Crippen MR) is 92.5 cm³/mol. The molecule has 0 fully saturated rings. The van der Waals surface area contributed by atoms with E-state index in [4.69, 9.17) is 16.3 Å². The maximum absolute atomic E-state index is 6.35. The molecule has 0 radical (unpaired) electrons. The highest BCUT2D eigenvalue weighted by Crippen LogP contribution is 2.33. The van der Waals surface area contributed by atoms with Gasteiger partial charge < -0.3 is 10.1 Å². The monoisotopic (exact) mass is 367 g/mol. The summed E-state index contributed by atoms with van der Waals surface area (Å²) in [4.78, 5) is 0. The van der Waals surface area contributed by atoms with Crippen LogP contribution in [0.4, 0.5) is 0 Å². The topological polar surface area (TPSA) is 21.3 Å². The van der Waals surface area contributed by atoms with Crippen molar-refractivity contribution in [1.29, 1.82) is 0 Å². The molecule has 0 saturated carbocycles. The summed E-state index contributed by atoms with van der Waals surface area (Å²) < 4.78 is 6.95. The van der Waals surface area contributed by atoms with Crippen molar-refractivity contribution in [2.24, 2.45) is 0 Å². The van der Waals surface area contributed by atoms with Gasteiger partial charge >= 0.3 is 0 Å². The van der Waals surface area contributed by atoms with Crippen LogP contribution in [-0.4, -0.2) is 6.54 Å². The summed E-state index contributed by atoms with van der Waals surface area (Å²) in [5, 5.41) is 3.99. The molecule has 0 spiro atoms. The van der Waals surface area contributed by atoms with Gasteiger partial charge in [0.1, 0.15) is 11.5 Å². The van der Waals surface area contributed by atoms with Crippen LogP contribution in [0.2, 0.25) is 5.02 Å². The van der Waals surface area contributed by atoms with Crippen LogP contribution in [0.1, 0.15) is 31.0 Å². The van der Waals surface area contributed by atoms with Gasteiger partial charge in [0.15, 0.2) is 0 Å². The molecule has 0 amide bonds. The Morgan fingerprint density at radius 3 is 2.52 bits per heavy atom. The van der Waals surface area contributed by atoms with E-state index in [0.717, 1.165) is 27.9 Å². The third-order valence-corrected chi connectivity index (χ3v) is 4.11. The molecule has 1 unspecified atom stereocenters. The second kappa shape index (κ2) is 7.30. The van der Waals surface area contributed by atoms with Gasteiger partial charge in [0.05, 0.1) is 5.02 Å². The van der Waals surface area contributed by atoms with Gasteiger partial charge in [-0.1, -0.05) is 40.5 Å². The SMILES string of the molecule is CCNC(C)c1ccc(Oc2ccc(Br)cc2C)c(Cl)c1. The number of rotatable bonds is 5. The minimum absolute atomic E-state index is 0.274. The van der Waals surface area contributed by atoms with Crippen LogP contribution in [0.5, 0.6) is 11.5 Å². The largest absolute Gasteiger partial charge is 0.456 e. The molecule has 2 aromatic carbocycles. The summed E-state index contributed by atoms with van der Waals surface area (Å²) >= 11 is 9.79. The molecule has 1 atom stereocenters. The fourth-order valence-corrected chi connectivity index (χ4v) is 2.84. The molecule has 0 aromatic heterocycles. The summed E-state index contributed by atoms with van der Waals surface area (Å²) in [5.41, 5.74) is 2.22. The van der Waals surface area contributed by atoms with Crippen molar-refractivity contribution in [3.05, 3.63) is 57.0 Å². The van der Waals surface area contributed by atoms with Gasteiger partial charge in [0.2, 0.25) is 0 Å². The van der Waals surface area contributed by atoms with Crippen molar-refractivity contribution in [1.82, 2.24) is 5.32 Å². The second-order valence-electron chi connectivity index (χ2n) is 4.98. The molecule has 0 aliphatic rings. The minimum Gasteiger partial charge on any atom is -0.456 e. The van der Waals surface area contributed by atoms with Crippen molar-refractivity contribution < 1.29 is 4.74 Å². The molecule has 21 heavy (non-hydrogen) atoms. The molecule has 0 heterocycles. The van der Waals surface area contributed by atoms with Crippen LogP contribution in [0, 0.1) is 6.92 Å². The van der Waals surface area contributed by atoms with E-state index in [1.165, 1.54) is 0 Å². The molecule has 0 aliphatic carbocycles. The number of nitrogens with one attached hydrogen (secondary N) is 1. The summed E-state index contributed by atoms with van der Waals surface area (Å²) in [6.45, 7) is 7.14. The standard InChI is InChI=1S/C17H19BrClNO/c1-4-20-12(3)13-5-7-17(15(19)10-13)21-16-8-6-14(18)9-11(16)2/h5-10,12,20H,4H2,1-3H3. The second-order valence-corrected chi connectivity index (χ2v) is 6.30. The third kappa shape index (κ3) is 4.22. The maximum Gasteiger partial charge on any atom is 0.146 e. The van der Waals surface area contributed by atoms with Gasteiger partial charge in [0.25, 0.3) is 0 Å². The van der Waals surface area contributed by atoms with Gasteiger partial charge in [-0.25, -0.2) is 0 Å². The molecule has 2 nitrogen and oxygen atoms in total. The molecule has 1 N–H and O–H groups in total. The Morgan fingerprint density at radius 1 is 1.19 bits per heavy atom. The average Bonchev–Trinajstić information content (AvgIpc) is 2.44. The van der Waals surface area contributed by atoms with Crippen LogP contribution < -0.4 is 10.1 Å². The smallest absolute Gasteiger partial charge is 0.146 e. The molecule has 112 valence electrons. The molecule has 0 aliphatic heterocycles. The van der Waals surface area contributed by atoms with E-state index in [1.807, 2.05) is 43.3 Å². The quantitative estimate of drug-likeness (QED) is 0.712. The Labute approximate surface area is 139 Å². The van der Waals surface area contributed by atoms with Crippen molar-refractivity contribution in [3.63, 3.8) is 0 Å². The van der Waals surface area contributed by atoms with Crippen molar-refractivity contribution >= 4 is 27.5 Å².